The van der Waals surface area contributed by atoms with Crippen molar-refractivity contribution in [2.24, 2.45) is 5.73 Å². The third kappa shape index (κ3) is 13.1. The van der Waals surface area contributed by atoms with E-state index in [1.807, 2.05) is 18.7 Å². The van der Waals surface area contributed by atoms with Crippen LogP contribution >= 0.6 is 24.4 Å². The van der Waals surface area contributed by atoms with Gasteiger partial charge in [-0.05, 0) is 38.3 Å². The number of rotatable bonds is 4. The fourth-order valence-corrected chi connectivity index (χ4v) is 1.03. The van der Waals surface area contributed by atoms with Crippen molar-refractivity contribution >= 4 is 34.8 Å². The molecule has 0 rings (SSSR count). The van der Waals surface area contributed by atoms with Crippen LogP contribution in [0.1, 0.15) is 13.8 Å². The zero-order valence-electron chi connectivity index (χ0n) is 9.10. The quantitative estimate of drug-likeness (QED) is 0.584. The summed E-state index contributed by atoms with van der Waals surface area (Å²) in [6.07, 6.45) is 1.69. The Morgan fingerprint density at radius 2 is 1.87 bits per heavy atom. The second-order valence-electron chi connectivity index (χ2n) is 2.38. The lowest BCUT2D eigenvalue weighted by atomic mass is 10.6. The molecule has 0 spiro atoms. The average molecular weight is 250 g/mol. The van der Waals surface area contributed by atoms with Gasteiger partial charge in [-0.2, -0.15) is 0 Å². The van der Waals surface area contributed by atoms with Crippen molar-refractivity contribution in [3.8, 4) is 0 Å². The summed E-state index contributed by atoms with van der Waals surface area (Å²) < 4.78 is 5.17. The summed E-state index contributed by atoms with van der Waals surface area (Å²) >= 11 is 8.87. The van der Waals surface area contributed by atoms with Gasteiger partial charge in [0.05, 0.1) is 0 Å². The summed E-state index contributed by atoms with van der Waals surface area (Å²) in [5, 5.41) is 7.63. The Bertz CT molecular complexity index is 202. The Labute approximate surface area is 102 Å². The van der Waals surface area contributed by atoms with Gasteiger partial charge in [-0.25, -0.2) is 0 Å². The molecule has 0 saturated heterocycles. The van der Waals surface area contributed by atoms with E-state index in [9.17, 15) is 0 Å². The number of aliphatic hydroxyl groups is 1. The maximum atomic E-state index is 7.56. The molecular weight excluding hydrogens is 232 g/mol. The number of hydrogen-bond donors (Lipinski definition) is 2. The van der Waals surface area contributed by atoms with E-state index in [2.05, 4.69) is 24.5 Å². The van der Waals surface area contributed by atoms with Gasteiger partial charge < -0.3 is 20.5 Å². The molecule has 0 unspecified atom stereocenters. The first kappa shape index (κ1) is 16.5. The number of hydrogen-bond acceptors (Lipinski definition) is 3. The van der Waals surface area contributed by atoms with Gasteiger partial charge in [0, 0.05) is 13.1 Å². The van der Waals surface area contributed by atoms with Gasteiger partial charge >= 0.3 is 0 Å². The highest BCUT2D eigenvalue weighted by Gasteiger charge is 2.03. The van der Waals surface area contributed by atoms with E-state index in [0.717, 1.165) is 13.1 Å². The van der Waals surface area contributed by atoms with Gasteiger partial charge in [0.15, 0.2) is 0 Å². The Morgan fingerprint density at radius 3 is 2.13 bits per heavy atom. The lowest BCUT2D eigenvalue weighted by Gasteiger charge is -2.20. The van der Waals surface area contributed by atoms with E-state index in [0.29, 0.717) is 11.8 Å². The maximum Gasteiger partial charge on any atom is 0.259 e. The molecule has 0 amide bonds. The molecule has 0 aromatic rings. The van der Waals surface area contributed by atoms with E-state index in [1.54, 1.807) is 6.08 Å². The lowest BCUT2D eigenvalue weighted by molar-refractivity contribution is 0.278. The summed E-state index contributed by atoms with van der Waals surface area (Å²) in [5.41, 5.74) is 4.40. The van der Waals surface area contributed by atoms with Crippen LogP contribution in [0.25, 0.3) is 0 Å². The van der Waals surface area contributed by atoms with E-state index < -0.39 is 5.17 Å². The normalized spacial score (nSPS) is 8.13. The van der Waals surface area contributed by atoms with Gasteiger partial charge in [-0.1, -0.05) is 12.7 Å². The third-order valence-corrected chi connectivity index (χ3v) is 1.72. The van der Waals surface area contributed by atoms with Crippen molar-refractivity contribution in [3.05, 3.63) is 12.7 Å². The SMILES string of the molecule is C=CCOC(=S)N(CC)CC.NC(O)=S. The van der Waals surface area contributed by atoms with Crippen LogP contribution in [0.4, 0.5) is 0 Å². The summed E-state index contributed by atoms with van der Waals surface area (Å²) in [6.45, 7) is 9.92. The van der Waals surface area contributed by atoms with Gasteiger partial charge in [0.1, 0.15) is 6.61 Å². The van der Waals surface area contributed by atoms with Crippen LogP contribution in [0, 0.1) is 0 Å². The minimum atomic E-state index is -0.500. The van der Waals surface area contributed by atoms with Gasteiger partial charge in [0.2, 0.25) is 0 Å². The molecule has 0 aliphatic heterocycles. The highest BCUT2D eigenvalue weighted by atomic mass is 32.1. The van der Waals surface area contributed by atoms with Crippen LogP contribution in [-0.4, -0.2) is 40.1 Å². The molecular formula is C9H18N2O2S2. The predicted molar refractivity (Wildman–Crippen MR) is 71.1 cm³/mol. The highest BCUT2D eigenvalue weighted by Crippen LogP contribution is 1.93. The van der Waals surface area contributed by atoms with Crippen LogP contribution in [0.3, 0.4) is 0 Å². The van der Waals surface area contributed by atoms with Crippen molar-refractivity contribution in [1.82, 2.24) is 4.90 Å². The van der Waals surface area contributed by atoms with Crippen molar-refractivity contribution in [2.75, 3.05) is 19.7 Å². The van der Waals surface area contributed by atoms with Gasteiger partial charge in [-0.15, -0.1) is 0 Å². The first-order valence-corrected chi connectivity index (χ1v) is 5.32. The number of nitrogens with zero attached hydrogens (tertiary/aromatic N) is 1. The van der Waals surface area contributed by atoms with Crippen molar-refractivity contribution in [2.45, 2.75) is 13.8 Å². The summed E-state index contributed by atoms with van der Waals surface area (Å²) in [6, 6.07) is 0. The van der Waals surface area contributed by atoms with E-state index in [1.165, 1.54) is 0 Å². The van der Waals surface area contributed by atoms with Crippen LogP contribution in [-0.2, 0) is 4.74 Å². The van der Waals surface area contributed by atoms with Crippen LogP contribution in [0.5, 0.6) is 0 Å². The number of nitrogens with two attached hydrogens (primary N) is 1. The summed E-state index contributed by atoms with van der Waals surface area (Å²) in [4.78, 5) is 1.98. The predicted octanol–water partition coefficient (Wildman–Crippen LogP) is 1.60. The van der Waals surface area contributed by atoms with Crippen LogP contribution in [0.15, 0.2) is 12.7 Å². The number of ether oxygens (including phenoxy) is 1. The molecule has 4 nitrogen and oxygen atoms in total. The first-order valence-electron chi connectivity index (χ1n) is 4.50. The molecule has 0 atom stereocenters. The Kier molecular flexibility index (Phi) is 12.4. The molecule has 15 heavy (non-hydrogen) atoms. The largest absolute Gasteiger partial charge is 0.487 e. The molecule has 0 aliphatic carbocycles. The molecule has 0 saturated carbocycles. The lowest BCUT2D eigenvalue weighted by Crippen LogP contribution is -2.30. The molecule has 0 fully saturated rings. The molecule has 88 valence electrons. The second kappa shape index (κ2) is 11.2. The van der Waals surface area contributed by atoms with E-state index in [4.69, 9.17) is 22.1 Å². The minimum Gasteiger partial charge on any atom is -0.487 e. The number of thiocarbonyl (C=S) groups is 2. The van der Waals surface area contributed by atoms with Gasteiger partial charge in [0.25, 0.3) is 10.3 Å². The standard InChI is InChI=1S/C8H15NOS.CH3NOS/c1-4-7-10-8(11)9(5-2)6-3;2-1(3)4/h4H,1,5-7H2,2-3H3;(H3,2,3,4). The third-order valence-electron chi connectivity index (χ3n) is 1.35. The van der Waals surface area contributed by atoms with Crippen molar-refractivity contribution < 1.29 is 9.84 Å². The number of aliphatic hydroxyl groups excluding tert-OH is 1. The van der Waals surface area contributed by atoms with Crippen molar-refractivity contribution in [3.63, 3.8) is 0 Å². The second-order valence-corrected chi connectivity index (χ2v) is 3.14. The molecule has 0 heterocycles. The summed E-state index contributed by atoms with van der Waals surface area (Å²) in [5.74, 6) is 0. The molecule has 0 aliphatic rings. The first-order chi connectivity index (χ1) is 6.99. The average Bonchev–Trinajstić information content (AvgIpc) is 2.15. The molecule has 0 radical (unpaired) electrons. The van der Waals surface area contributed by atoms with E-state index in [-0.39, 0.29) is 0 Å². The molecule has 0 aromatic carbocycles. The monoisotopic (exact) mass is 250 g/mol. The van der Waals surface area contributed by atoms with Gasteiger partial charge in [-0.3, -0.25) is 0 Å². The fourth-order valence-electron chi connectivity index (χ4n) is 0.703. The Balaban J connectivity index is 0. The van der Waals surface area contributed by atoms with E-state index >= 15 is 0 Å². The van der Waals surface area contributed by atoms with Crippen LogP contribution < -0.4 is 5.73 Å². The molecule has 0 bridgehead atoms. The zero-order valence-corrected chi connectivity index (χ0v) is 10.7. The molecule has 0 aromatic heterocycles. The molecule has 3 N–H and O–H groups in total. The zero-order chi connectivity index (χ0) is 12.3. The Morgan fingerprint density at radius 1 is 1.47 bits per heavy atom. The molecule has 6 heteroatoms. The highest BCUT2D eigenvalue weighted by molar-refractivity contribution is 7.80. The topological polar surface area (TPSA) is 58.7 Å². The maximum absolute atomic E-state index is 7.56. The minimum absolute atomic E-state index is 0.495. The smallest absolute Gasteiger partial charge is 0.259 e. The van der Waals surface area contributed by atoms with Crippen molar-refractivity contribution in [1.29, 1.82) is 0 Å². The van der Waals surface area contributed by atoms with Crippen LogP contribution in [0.2, 0.25) is 0 Å². The summed E-state index contributed by atoms with van der Waals surface area (Å²) in [7, 11) is 0. The Hall–Kier alpha value is -0.880. The fraction of sp³-hybridized carbons (Fsp3) is 0.556.